The normalized spacial score (nSPS) is 14.8. The number of hydrogen-bond donors (Lipinski definition) is 1. The maximum atomic E-state index is 11.4. The van der Waals surface area contributed by atoms with E-state index in [4.69, 9.17) is 0 Å². The van der Waals surface area contributed by atoms with Crippen LogP contribution in [0.2, 0.25) is 0 Å². The average Bonchev–Trinajstić information content (AvgIpc) is 2.99. The van der Waals surface area contributed by atoms with Crippen molar-refractivity contribution in [2.75, 3.05) is 0 Å². The molecule has 0 aromatic carbocycles. The van der Waals surface area contributed by atoms with Crippen LogP contribution in [0.25, 0.3) is 16.2 Å². The van der Waals surface area contributed by atoms with Crippen LogP contribution in [0.1, 0.15) is 34.9 Å². The molecule has 100 valence electrons. The van der Waals surface area contributed by atoms with Crippen LogP contribution in [0.15, 0.2) is 29.6 Å². The number of carboxylic acid groups (broad SMARTS) is 1. The van der Waals surface area contributed by atoms with Crippen LogP contribution in [0.3, 0.4) is 0 Å². The van der Waals surface area contributed by atoms with E-state index >= 15 is 0 Å². The molecule has 6 heteroatoms. The summed E-state index contributed by atoms with van der Waals surface area (Å²) in [5.41, 5.74) is 2.42. The highest BCUT2D eigenvalue weighted by atomic mass is 32.1. The van der Waals surface area contributed by atoms with Crippen molar-refractivity contribution >= 4 is 23.0 Å². The van der Waals surface area contributed by atoms with E-state index in [1.807, 2.05) is 23.6 Å². The van der Waals surface area contributed by atoms with E-state index in [0.29, 0.717) is 11.6 Å². The lowest BCUT2D eigenvalue weighted by molar-refractivity contribution is 0.0687. The maximum Gasteiger partial charge on any atom is 0.354 e. The molecule has 5 nitrogen and oxygen atoms in total. The Bertz CT molecular complexity index is 803. The summed E-state index contributed by atoms with van der Waals surface area (Å²) in [5, 5.41) is 15.7. The lowest BCUT2D eigenvalue weighted by Crippen LogP contribution is -2.09. The van der Waals surface area contributed by atoms with Crippen LogP contribution in [-0.4, -0.2) is 25.7 Å². The van der Waals surface area contributed by atoms with E-state index in [0.717, 1.165) is 29.1 Å². The van der Waals surface area contributed by atoms with Crippen molar-refractivity contribution in [3.8, 4) is 10.6 Å². The van der Waals surface area contributed by atoms with Gasteiger partial charge in [0, 0.05) is 17.7 Å². The number of nitrogens with zero attached hydrogens (tertiary/aromatic N) is 3. The van der Waals surface area contributed by atoms with E-state index in [-0.39, 0.29) is 5.69 Å². The molecule has 3 heterocycles. The number of aromatic nitrogens is 3. The molecule has 0 saturated heterocycles. The smallest absolute Gasteiger partial charge is 0.354 e. The van der Waals surface area contributed by atoms with Crippen molar-refractivity contribution in [2.45, 2.75) is 18.8 Å². The van der Waals surface area contributed by atoms with Gasteiger partial charge in [0.2, 0.25) is 0 Å². The Kier molecular flexibility index (Phi) is 2.40. The fraction of sp³-hybridized carbons (Fsp3) is 0.214. The highest BCUT2D eigenvalue weighted by Crippen LogP contribution is 2.39. The molecular formula is C14H11N3O2S. The van der Waals surface area contributed by atoms with Crippen molar-refractivity contribution in [2.24, 2.45) is 0 Å². The lowest BCUT2D eigenvalue weighted by Gasteiger charge is -2.03. The molecule has 0 atom stereocenters. The molecule has 0 bridgehead atoms. The molecule has 0 unspecified atom stereocenters. The van der Waals surface area contributed by atoms with Crippen molar-refractivity contribution in [1.82, 2.24) is 14.6 Å². The first-order valence-electron chi connectivity index (χ1n) is 6.40. The molecule has 1 fully saturated rings. The largest absolute Gasteiger partial charge is 0.477 e. The predicted molar refractivity (Wildman–Crippen MR) is 75.2 cm³/mol. The first-order valence-corrected chi connectivity index (χ1v) is 7.28. The molecule has 1 N–H and O–H groups in total. The van der Waals surface area contributed by atoms with Crippen molar-refractivity contribution in [1.29, 1.82) is 0 Å². The molecule has 3 aromatic rings. The van der Waals surface area contributed by atoms with Crippen LogP contribution in [0.5, 0.6) is 0 Å². The zero-order valence-corrected chi connectivity index (χ0v) is 11.3. The molecule has 0 spiro atoms. The first-order chi connectivity index (χ1) is 9.72. The molecule has 0 amide bonds. The molecule has 3 aromatic heterocycles. The summed E-state index contributed by atoms with van der Waals surface area (Å²) in [6.07, 6.45) is 2.18. The van der Waals surface area contributed by atoms with Gasteiger partial charge in [0.25, 0.3) is 0 Å². The lowest BCUT2D eigenvalue weighted by atomic mass is 10.2. The quantitative estimate of drug-likeness (QED) is 0.803. The van der Waals surface area contributed by atoms with Gasteiger partial charge in [-0.05, 0) is 30.4 Å². The second kappa shape index (κ2) is 4.14. The molecule has 1 aliphatic rings. The number of rotatable bonds is 3. The van der Waals surface area contributed by atoms with E-state index in [2.05, 4.69) is 10.1 Å². The number of hydrogen-bond acceptors (Lipinski definition) is 4. The fourth-order valence-corrected chi connectivity index (χ4v) is 2.96. The van der Waals surface area contributed by atoms with Gasteiger partial charge in [-0.25, -0.2) is 14.3 Å². The first kappa shape index (κ1) is 11.6. The third kappa shape index (κ3) is 1.80. The maximum absolute atomic E-state index is 11.4. The molecule has 20 heavy (non-hydrogen) atoms. The molecule has 4 rings (SSSR count). The van der Waals surface area contributed by atoms with Crippen LogP contribution >= 0.6 is 11.3 Å². The Balaban J connectivity index is 1.95. The van der Waals surface area contributed by atoms with Crippen molar-refractivity contribution in [3.05, 3.63) is 41.0 Å². The molecule has 0 aliphatic heterocycles. The van der Waals surface area contributed by atoms with Crippen molar-refractivity contribution < 1.29 is 9.90 Å². The zero-order chi connectivity index (χ0) is 13.7. The standard InChI is InChI=1S/C14H11N3O2S/c18-14(19)11-6-9(8-3-4-8)15-13-7-10(16-17(11)13)12-2-1-5-20-12/h1-2,5-8H,3-4H2,(H,18,19). The summed E-state index contributed by atoms with van der Waals surface area (Å²) in [7, 11) is 0. The average molecular weight is 285 g/mol. The Morgan fingerprint density at radius 1 is 1.40 bits per heavy atom. The van der Waals surface area contributed by atoms with E-state index in [1.54, 1.807) is 17.4 Å². The second-order valence-corrected chi connectivity index (χ2v) is 5.87. The highest BCUT2D eigenvalue weighted by Gasteiger charge is 2.27. The third-order valence-electron chi connectivity index (χ3n) is 3.44. The van der Waals surface area contributed by atoms with Gasteiger partial charge in [-0.3, -0.25) is 0 Å². The Morgan fingerprint density at radius 2 is 2.25 bits per heavy atom. The summed E-state index contributed by atoms with van der Waals surface area (Å²) in [6, 6.07) is 7.42. The summed E-state index contributed by atoms with van der Waals surface area (Å²) >= 11 is 1.58. The van der Waals surface area contributed by atoms with Gasteiger partial charge < -0.3 is 5.11 Å². The molecule has 1 saturated carbocycles. The minimum absolute atomic E-state index is 0.180. The topological polar surface area (TPSA) is 67.5 Å². The predicted octanol–water partition coefficient (Wildman–Crippen LogP) is 3.03. The Labute approximate surface area is 118 Å². The van der Waals surface area contributed by atoms with Gasteiger partial charge in [-0.1, -0.05) is 6.07 Å². The zero-order valence-electron chi connectivity index (χ0n) is 10.5. The summed E-state index contributed by atoms with van der Waals surface area (Å²) < 4.78 is 1.42. The highest BCUT2D eigenvalue weighted by molar-refractivity contribution is 7.13. The van der Waals surface area contributed by atoms with Crippen LogP contribution in [0, 0.1) is 0 Å². The fourth-order valence-electron chi connectivity index (χ4n) is 2.28. The minimum Gasteiger partial charge on any atom is -0.477 e. The van der Waals surface area contributed by atoms with E-state index < -0.39 is 5.97 Å². The van der Waals surface area contributed by atoms with Gasteiger partial charge in [-0.2, -0.15) is 5.10 Å². The van der Waals surface area contributed by atoms with Crippen LogP contribution < -0.4 is 0 Å². The summed E-state index contributed by atoms with van der Waals surface area (Å²) in [5.74, 6) is -0.557. The van der Waals surface area contributed by atoms with Crippen molar-refractivity contribution in [3.63, 3.8) is 0 Å². The third-order valence-corrected chi connectivity index (χ3v) is 4.33. The number of fused-ring (bicyclic) bond motifs is 1. The number of carboxylic acids is 1. The van der Waals surface area contributed by atoms with E-state index in [1.165, 1.54) is 4.52 Å². The van der Waals surface area contributed by atoms with Gasteiger partial charge in [-0.15, -0.1) is 11.3 Å². The van der Waals surface area contributed by atoms with E-state index in [9.17, 15) is 9.90 Å². The number of thiophene rings is 1. The SMILES string of the molecule is O=C(O)c1cc(C2CC2)nc2cc(-c3cccs3)nn12. The minimum atomic E-state index is -0.972. The number of aromatic carboxylic acids is 1. The van der Waals surface area contributed by atoms with Crippen LogP contribution in [-0.2, 0) is 0 Å². The second-order valence-electron chi connectivity index (χ2n) is 4.92. The molecule has 0 radical (unpaired) electrons. The Morgan fingerprint density at radius 3 is 2.90 bits per heavy atom. The Hall–Kier alpha value is -2.21. The molecule has 1 aliphatic carbocycles. The van der Waals surface area contributed by atoms with Gasteiger partial charge in [0.15, 0.2) is 11.3 Å². The van der Waals surface area contributed by atoms with Gasteiger partial charge >= 0.3 is 5.97 Å². The van der Waals surface area contributed by atoms with Gasteiger partial charge in [0.1, 0.15) is 5.69 Å². The molecular weight excluding hydrogens is 274 g/mol. The van der Waals surface area contributed by atoms with Crippen LogP contribution in [0.4, 0.5) is 0 Å². The monoisotopic (exact) mass is 285 g/mol. The number of carbonyl (C=O) groups is 1. The summed E-state index contributed by atoms with van der Waals surface area (Å²) in [6.45, 7) is 0. The summed E-state index contributed by atoms with van der Waals surface area (Å²) in [4.78, 5) is 17.0. The van der Waals surface area contributed by atoms with Gasteiger partial charge in [0.05, 0.1) is 4.88 Å².